The lowest BCUT2D eigenvalue weighted by Crippen LogP contribution is -2.39. The van der Waals surface area contributed by atoms with Gasteiger partial charge >= 0.3 is 0 Å². The molecular weight excluding hydrogens is 294 g/mol. The second-order valence-corrected chi connectivity index (χ2v) is 8.24. The second kappa shape index (κ2) is 7.60. The van der Waals surface area contributed by atoms with Gasteiger partial charge in [0.25, 0.3) is 5.91 Å². The maximum Gasteiger partial charge on any atom is 0.261 e. The fraction of sp³-hybridized carbons (Fsp3) is 0.722. The Labute approximate surface area is 138 Å². The summed E-state index contributed by atoms with van der Waals surface area (Å²) >= 11 is 1.50. The van der Waals surface area contributed by atoms with Gasteiger partial charge < -0.3 is 10.1 Å². The van der Waals surface area contributed by atoms with Crippen molar-refractivity contribution >= 4 is 17.2 Å². The lowest BCUT2D eigenvalue weighted by Gasteiger charge is -2.40. The fourth-order valence-electron chi connectivity index (χ4n) is 3.61. The monoisotopic (exact) mass is 323 g/mol. The Morgan fingerprint density at radius 2 is 2.27 bits per heavy atom. The molecule has 0 unspecified atom stereocenters. The molecule has 2 atom stereocenters. The lowest BCUT2D eigenvalue weighted by atomic mass is 9.73. The molecule has 0 radical (unpaired) electrons. The largest absolute Gasteiger partial charge is 0.376 e. The third-order valence-electron chi connectivity index (χ3n) is 4.71. The fourth-order valence-corrected chi connectivity index (χ4v) is 4.25. The molecule has 2 rings (SSSR count). The number of ether oxygens (including phenoxy) is 1. The van der Waals surface area contributed by atoms with Gasteiger partial charge in [0.15, 0.2) is 0 Å². The van der Waals surface area contributed by atoms with E-state index in [1.54, 1.807) is 0 Å². The van der Waals surface area contributed by atoms with Crippen LogP contribution >= 0.6 is 11.3 Å². The molecular formula is C18H29NO2S. The van der Waals surface area contributed by atoms with Gasteiger partial charge in [-0.3, -0.25) is 4.79 Å². The summed E-state index contributed by atoms with van der Waals surface area (Å²) in [5.41, 5.74) is -0.00370. The number of hydrogen-bond donors (Lipinski definition) is 1. The van der Waals surface area contributed by atoms with Gasteiger partial charge in [-0.2, -0.15) is 0 Å². The van der Waals surface area contributed by atoms with Gasteiger partial charge in [0.05, 0.1) is 10.5 Å². The Morgan fingerprint density at radius 1 is 1.50 bits per heavy atom. The summed E-state index contributed by atoms with van der Waals surface area (Å²) in [6.07, 6.45) is 3.31. The minimum Gasteiger partial charge on any atom is -0.376 e. The number of hydrogen-bond acceptors (Lipinski definition) is 3. The van der Waals surface area contributed by atoms with E-state index in [1.165, 1.54) is 11.3 Å². The second-order valence-electron chi connectivity index (χ2n) is 7.29. The van der Waals surface area contributed by atoms with Crippen molar-refractivity contribution < 1.29 is 9.53 Å². The van der Waals surface area contributed by atoms with Crippen LogP contribution in [0.15, 0.2) is 17.5 Å². The highest BCUT2D eigenvalue weighted by Crippen LogP contribution is 2.37. The Balaban J connectivity index is 1.85. The van der Waals surface area contributed by atoms with Gasteiger partial charge in [0.2, 0.25) is 0 Å². The summed E-state index contributed by atoms with van der Waals surface area (Å²) in [5, 5.41) is 5.01. The molecule has 22 heavy (non-hydrogen) atoms. The maximum atomic E-state index is 12.0. The molecule has 1 N–H and O–H groups in total. The van der Waals surface area contributed by atoms with E-state index in [-0.39, 0.29) is 11.5 Å². The van der Waals surface area contributed by atoms with Crippen molar-refractivity contribution in [2.45, 2.75) is 52.6 Å². The van der Waals surface area contributed by atoms with Crippen LogP contribution in [0, 0.1) is 17.8 Å². The van der Waals surface area contributed by atoms with Crippen LogP contribution in [-0.4, -0.2) is 24.7 Å². The predicted octanol–water partition coefficient (Wildman–Crippen LogP) is 4.35. The zero-order valence-corrected chi connectivity index (χ0v) is 15.0. The van der Waals surface area contributed by atoms with E-state index in [4.69, 9.17) is 4.74 Å². The number of carbonyl (C=O) groups is 1. The number of amides is 1. The first-order chi connectivity index (χ1) is 10.4. The van der Waals surface area contributed by atoms with E-state index in [2.05, 4.69) is 33.0 Å². The highest BCUT2D eigenvalue weighted by Gasteiger charge is 2.34. The van der Waals surface area contributed by atoms with Crippen LogP contribution in [0.2, 0.25) is 0 Å². The molecule has 1 fully saturated rings. The quantitative estimate of drug-likeness (QED) is 0.845. The van der Waals surface area contributed by atoms with Crippen LogP contribution < -0.4 is 5.32 Å². The molecule has 1 aliphatic heterocycles. The van der Waals surface area contributed by atoms with Crippen molar-refractivity contribution in [3.05, 3.63) is 22.4 Å². The van der Waals surface area contributed by atoms with E-state index < -0.39 is 0 Å². The Morgan fingerprint density at radius 3 is 2.86 bits per heavy atom. The summed E-state index contributed by atoms with van der Waals surface area (Å²) < 4.78 is 5.85. The first-order valence-electron chi connectivity index (χ1n) is 8.35. The van der Waals surface area contributed by atoms with Crippen molar-refractivity contribution in [1.82, 2.24) is 5.32 Å². The highest BCUT2D eigenvalue weighted by atomic mass is 32.1. The van der Waals surface area contributed by atoms with Gasteiger partial charge in [-0.15, -0.1) is 11.3 Å². The molecule has 1 aliphatic rings. The molecule has 3 nitrogen and oxygen atoms in total. The zero-order chi connectivity index (χ0) is 16.2. The topological polar surface area (TPSA) is 38.3 Å². The molecule has 0 saturated carbocycles. The molecule has 2 heterocycles. The van der Waals surface area contributed by atoms with Crippen molar-refractivity contribution in [3.63, 3.8) is 0 Å². The van der Waals surface area contributed by atoms with Crippen LogP contribution in [-0.2, 0) is 4.74 Å². The van der Waals surface area contributed by atoms with Gasteiger partial charge in [0.1, 0.15) is 0 Å². The van der Waals surface area contributed by atoms with E-state index in [0.29, 0.717) is 17.8 Å². The zero-order valence-electron chi connectivity index (χ0n) is 14.2. The Kier molecular flexibility index (Phi) is 6.04. The molecule has 0 aliphatic carbocycles. The highest BCUT2D eigenvalue weighted by molar-refractivity contribution is 7.12. The molecule has 1 aromatic rings. The van der Waals surface area contributed by atoms with Gasteiger partial charge in [-0.05, 0) is 62.3 Å². The van der Waals surface area contributed by atoms with Crippen LogP contribution in [0.25, 0.3) is 0 Å². The number of carbonyl (C=O) groups excluding carboxylic acids is 1. The Hall–Kier alpha value is -0.870. The van der Waals surface area contributed by atoms with Crippen LogP contribution in [0.1, 0.15) is 56.6 Å². The van der Waals surface area contributed by atoms with Crippen molar-refractivity contribution in [2.75, 3.05) is 13.2 Å². The third-order valence-corrected chi connectivity index (χ3v) is 5.57. The summed E-state index contributed by atoms with van der Waals surface area (Å²) in [5.74, 6) is 2.04. The van der Waals surface area contributed by atoms with Gasteiger partial charge in [0, 0.05) is 13.2 Å². The molecule has 0 aromatic carbocycles. The molecule has 124 valence electrons. The standard InChI is InChI=1S/C18H29NO2S/c1-13(2)15(14-8-10-21-18(3,4)12-14)7-9-19-17(20)16-6-5-11-22-16/h5-6,11,13-15H,7-10,12H2,1-4H3,(H,19,20)/t14-,15-/m0/s1. The predicted molar refractivity (Wildman–Crippen MR) is 92.4 cm³/mol. The smallest absolute Gasteiger partial charge is 0.261 e. The van der Waals surface area contributed by atoms with E-state index in [1.807, 2.05) is 17.5 Å². The van der Waals surface area contributed by atoms with E-state index in [9.17, 15) is 4.79 Å². The lowest BCUT2D eigenvalue weighted by molar-refractivity contribution is -0.0867. The minimum atomic E-state index is -0.00370. The van der Waals surface area contributed by atoms with Crippen molar-refractivity contribution in [2.24, 2.45) is 17.8 Å². The summed E-state index contributed by atoms with van der Waals surface area (Å²) in [4.78, 5) is 12.8. The average molecular weight is 324 g/mol. The summed E-state index contributed by atoms with van der Waals surface area (Å²) in [7, 11) is 0. The van der Waals surface area contributed by atoms with E-state index >= 15 is 0 Å². The summed E-state index contributed by atoms with van der Waals surface area (Å²) in [6, 6.07) is 3.79. The molecule has 1 saturated heterocycles. The number of nitrogens with one attached hydrogen (secondary N) is 1. The van der Waals surface area contributed by atoms with Gasteiger partial charge in [-0.25, -0.2) is 0 Å². The Bertz CT molecular complexity index is 467. The maximum absolute atomic E-state index is 12.0. The van der Waals surface area contributed by atoms with Crippen LogP contribution in [0.4, 0.5) is 0 Å². The number of rotatable bonds is 6. The van der Waals surface area contributed by atoms with Crippen molar-refractivity contribution in [1.29, 1.82) is 0 Å². The SMILES string of the molecule is CC(C)[C@H](CCNC(=O)c1cccs1)[C@H]1CCOC(C)(C)C1. The molecule has 4 heteroatoms. The average Bonchev–Trinajstić information content (AvgIpc) is 2.95. The third kappa shape index (κ3) is 4.82. The van der Waals surface area contributed by atoms with Crippen molar-refractivity contribution in [3.8, 4) is 0 Å². The van der Waals surface area contributed by atoms with Crippen LogP contribution in [0.3, 0.4) is 0 Å². The van der Waals surface area contributed by atoms with E-state index in [0.717, 1.165) is 37.3 Å². The normalized spacial score (nSPS) is 22.5. The molecule has 0 spiro atoms. The minimum absolute atomic E-state index is 0.00370. The molecule has 1 amide bonds. The van der Waals surface area contributed by atoms with Crippen LogP contribution in [0.5, 0.6) is 0 Å². The first-order valence-corrected chi connectivity index (χ1v) is 9.22. The molecule has 0 bridgehead atoms. The summed E-state index contributed by atoms with van der Waals surface area (Å²) in [6.45, 7) is 10.6. The number of thiophene rings is 1. The van der Waals surface area contributed by atoms with Gasteiger partial charge in [-0.1, -0.05) is 19.9 Å². The first kappa shape index (κ1) is 17.5. The molecule has 1 aromatic heterocycles.